The van der Waals surface area contributed by atoms with Gasteiger partial charge in [0.25, 0.3) is 0 Å². The lowest BCUT2D eigenvalue weighted by Crippen LogP contribution is -2.49. The van der Waals surface area contributed by atoms with Gasteiger partial charge in [0.1, 0.15) is 12.6 Å². The molecule has 7 heteroatoms. The zero-order valence-corrected chi connectivity index (χ0v) is 20.2. The summed E-state index contributed by atoms with van der Waals surface area (Å²) >= 11 is 0. The fourth-order valence-corrected chi connectivity index (χ4v) is 5.47. The van der Waals surface area contributed by atoms with E-state index in [0.29, 0.717) is 25.8 Å². The second kappa shape index (κ2) is 11.4. The van der Waals surface area contributed by atoms with Gasteiger partial charge in [-0.25, -0.2) is 4.79 Å². The van der Waals surface area contributed by atoms with Gasteiger partial charge in [-0.1, -0.05) is 74.7 Å². The summed E-state index contributed by atoms with van der Waals surface area (Å²) in [7, 11) is 0. The maximum absolute atomic E-state index is 12.8. The van der Waals surface area contributed by atoms with Gasteiger partial charge in [-0.3, -0.25) is 9.59 Å². The molecule has 0 radical (unpaired) electrons. The van der Waals surface area contributed by atoms with Crippen LogP contribution in [0, 0.1) is 11.8 Å². The van der Waals surface area contributed by atoms with E-state index < -0.39 is 24.0 Å². The second-order valence-electron chi connectivity index (χ2n) is 9.55. The first-order chi connectivity index (χ1) is 17.0. The predicted octanol–water partition coefficient (Wildman–Crippen LogP) is 4.70. The third kappa shape index (κ3) is 5.66. The van der Waals surface area contributed by atoms with Crippen molar-refractivity contribution in [3.63, 3.8) is 0 Å². The molecular weight excluding hydrogens is 444 g/mol. The summed E-state index contributed by atoms with van der Waals surface area (Å²) in [5.74, 6) is -1.66. The van der Waals surface area contributed by atoms with Crippen LogP contribution in [0.3, 0.4) is 0 Å². The summed E-state index contributed by atoms with van der Waals surface area (Å²) in [5, 5.41) is 15.1. The Morgan fingerprint density at radius 3 is 2.26 bits per heavy atom. The summed E-state index contributed by atoms with van der Waals surface area (Å²) in [6.45, 7) is 2.44. The molecule has 0 spiro atoms. The molecule has 1 unspecified atom stereocenters. The fourth-order valence-electron chi connectivity index (χ4n) is 5.47. The summed E-state index contributed by atoms with van der Waals surface area (Å²) in [4.78, 5) is 37.1. The number of carbonyl (C=O) groups excluding carboxylic acids is 2. The van der Waals surface area contributed by atoms with Crippen LogP contribution in [-0.4, -0.2) is 42.3 Å². The largest absolute Gasteiger partial charge is 0.481 e. The van der Waals surface area contributed by atoms with Crippen LogP contribution in [-0.2, 0) is 14.3 Å². The molecule has 3 N–H and O–H groups in total. The Bertz CT molecular complexity index is 1020. The van der Waals surface area contributed by atoms with E-state index >= 15 is 0 Å². The lowest BCUT2D eigenvalue weighted by molar-refractivity contribution is -0.145. The number of hydrogen-bond donors (Lipinski definition) is 3. The smallest absolute Gasteiger partial charge is 0.407 e. The standard InChI is InChI=1S/C28H34N2O5/c1-2-9-25(26(31)29-16-18-10-3-4-11-19(18)27(32)33)30-28(34)35-17-24-22-14-7-5-12-20(22)21-13-6-8-15-23(21)24/h5-8,12-15,18-19,24-25H,2-4,9-11,16-17H2,1H3,(H,29,31)(H,30,34)(H,32,33)/t18-,19-,25?/m0/s1. The van der Waals surface area contributed by atoms with E-state index in [1.165, 1.54) is 0 Å². The molecule has 2 aliphatic carbocycles. The molecule has 1 fully saturated rings. The molecule has 3 atom stereocenters. The van der Waals surface area contributed by atoms with Crippen LogP contribution in [0.1, 0.15) is 62.5 Å². The first-order valence-corrected chi connectivity index (χ1v) is 12.6. The first-order valence-electron chi connectivity index (χ1n) is 12.6. The Balaban J connectivity index is 1.33. The highest BCUT2D eigenvalue weighted by atomic mass is 16.5. The monoisotopic (exact) mass is 478 g/mol. The van der Waals surface area contributed by atoms with Crippen molar-refractivity contribution in [1.29, 1.82) is 0 Å². The number of amides is 2. The van der Waals surface area contributed by atoms with E-state index in [1.54, 1.807) is 0 Å². The molecule has 0 bridgehead atoms. The van der Waals surface area contributed by atoms with E-state index in [-0.39, 0.29) is 24.3 Å². The number of ether oxygens (including phenoxy) is 1. The highest BCUT2D eigenvalue weighted by molar-refractivity contribution is 5.85. The number of nitrogens with one attached hydrogen (secondary N) is 2. The predicted molar refractivity (Wildman–Crippen MR) is 133 cm³/mol. The molecule has 2 aliphatic rings. The van der Waals surface area contributed by atoms with Gasteiger partial charge in [-0.05, 0) is 47.4 Å². The highest BCUT2D eigenvalue weighted by Gasteiger charge is 2.32. The van der Waals surface area contributed by atoms with E-state index in [2.05, 4.69) is 34.9 Å². The Morgan fingerprint density at radius 1 is 1.00 bits per heavy atom. The summed E-state index contributed by atoms with van der Waals surface area (Å²) in [6, 6.07) is 15.5. The normalized spacial score (nSPS) is 19.8. The molecule has 0 heterocycles. The van der Waals surface area contributed by atoms with Gasteiger partial charge >= 0.3 is 12.1 Å². The minimum Gasteiger partial charge on any atom is -0.481 e. The second-order valence-corrected chi connectivity index (χ2v) is 9.55. The molecule has 2 aromatic rings. The lowest BCUT2D eigenvalue weighted by atomic mass is 9.79. The molecule has 0 aliphatic heterocycles. The number of alkyl carbamates (subject to hydrolysis) is 1. The number of carbonyl (C=O) groups is 3. The number of carboxylic acids is 1. The zero-order valence-electron chi connectivity index (χ0n) is 20.2. The van der Waals surface area contributed by atoms with E-state index in [1.807, 2.05) is 31.2 Å². The maximum atomic E-state index is 12.8. The number of fused-ring (bicyclic) bond motifs is 3. The van der Waals surface area contributed by atoms with Crippen molar-refractivity contribution < 1.29 is 24.2 Å². The van der Waals surface area contributed by atoms with Crippen molar-refractivity contribution >= 4 is 18.0 Å². The minimum atomic E-state index is -0.800. The number of aliphatic carboxylic acids is 1. The first kappa shape index (κ1) is 24.8. The van der Waals surface area contributed by atoms with E-state index in [9.17, 15) is 19.5 Å². The fraction of sp³-hybridized carbons (Fsp3) is 0.464. The zero-order chi connectivity index (χ0) is 24.8. The molecule has 4 rings (SSSR count). The maximum Gasteiger partial charge on any atom is 0.407 e. The van der Waals surface area contributed by atoms with Crippen molar-refractivity contribution in [2.45, 2.75) is 57.4 Å². The molecule has 35 heavy (non-hydrogen) atoms. The molecule has 0 aromatic heterocycles. The van der Waals surface area contributed by atoms with Gasteiger partial charge in [0, 0.05) is 12.5 Å². The number of rotatable bonds is 9. The summed E-state index contributed by atoms with van der Waals surface area (Å²) in [6.07, 6.45) is 3.87. The molecule has 7 nitrogen and oxygen atoms in total. The van der Waals surface area contributed by atoms with Gasteiger partial charge in [-0.15, -0.1) is 0 Å². The van der Waals surface area contributed by atoms with Gasteiger partial charge < -0.3 is 20.5 Å². The van der Waals surface area contributed by atoms with Gasteiger partial charge in [0.05, 0.1) is 5.92 Å². The van der Waals surface area contributed by atoms with Crippen LogP contribution in [0.25, 0.3) is 11.1 Å². The Labute approximate surface area is 206 Å². The quantitative estimate of drug-likeness (QED) is 0.485. The van der Waals surface area contributed by atoms with Crippen molar-refractivity contribution in [2.24, 2.45) is 11.8 Å². The Hall–Kier alpha value is -3.35. The molecule has 2 amide bonds. The van der Waals surface area contributed by atoms with Crippen molar-refractivity contribution in [3.8, 4) is 11.1 Å². The molecular formula is C28H34N2O5. The van der Waals surface area contributed by atoms with Crippen molar-refractivity contribution in [2.75, 3.05) is 13.2 Å². The van der Waals surface area contributed by atoms with Crippen molar-refractivity contribution in [3.05, 3.63) is 59.7 Å². The van der Waals surface area contributed by atoms with E-state index in [0.717, 1.165) is 41.5 Å². The summed E-state index contributed by atoms with van der Waals surface area (Å²) < 4.78 is 5.60. The molecule has 0 saturated heterocycles. The average molecular weight is 479 g/mol. The average Bonchev–Trinajstić information content (AvgIpc) is 3.19. The van der Waals surface area contributed by atoms with Crippen LogP contribution < -0.4 is 10.6 Å². The summed E-state index contributed by atoms with van der Waals surface area (Å²) in [5.41, 5.74) is 4.57. The molecule has 2 aromatic carbocycles. The Morgan fingerprint density at radius 2 is 1.63 bits per heavy atom. The van der Waals surface area contributed by atoms with Crippen LogP contribution in [0.15, 0.2) is 48.5 Å². The van der Waals surface area contributed by atoms with Crippen LogP contribution in [0.4, 0.5) is 4.79 Å². The molecule has 186 valence electrons. The third-order valence-electron chi connectivity index (χ3n) is 7.29. The Kier molecular flexibility index (Phi) is 8.06. The molecule has 1 saturated carbocycles. The number of hydrogen-bond acceptors (Lipinski definition) is 4. The third-order valence-corrected chi connectivity index (χ3v) is 7.29. The van der Waals surface area contributed by atoms with Crippen LogP contribution in [0.5, 0.6) is 0 Å². The van der Waals surface area contributed by atoms with Gasteiger partial charge in [0.15, 0.2) is 0 Å². The topological polar surface area (TPSA) is 105 Å². The SMILES string of the molecule is CCCC(NC(=O)OCC1c2ccccc2-c2ccccc21)C(=O)NC[C@@H]1CCCC[C@@H]1C(=O)O. The van der Waals surface area contributed by atoms with Gasteiger partial charge in [0.2, 0.25) is 5.91 Å². The van der Waals surface area contributed by atoms with Crippen LogP contribution in [0.2, 0.25) is 0 Å². The highest BCUT2D eigenvalue weighted by Crippen LogP contribution is 2.44. The van der Waals surface area contributed by atoms with E-state index in [4.69, 9.17) is 4.74 Å². The number of benzene rings is 2. The van der Waals surface area contributed by atoms with Crippen LogP contribution >= 0.6 is 0 Å². The van der Waals surface area contributed by atoms with Gasteiger partial charge in [-0.2, -0.15) is 0 Å². The lowest BCUT2D eigenvalue weighted by Gasteiger charge is -2.29. The minimum absolute atomic E-state index is 0.0501. The van der Waals surface area contributed by atoms with Crippen molar-refractivity contribution in [1.82, 2.24) is 10.6 Å². The number of carboxylic acid groups (broad SMARTS) is 1.